The van der Waals surface area contributed by atoms with Crippen LogP contribution in [0.2, 0.25) is 0 Å². The Morgan fingerprint density at radius 1 is 1.38 bits per heavy atom. The fourth-order valence-electron chi connectivity index (χ4n) is 1.71. The summed E-state index contributed by atoms with van der Waals surface area (Å²) in [5, 5.41) is 7.64. The van der Waals surface area contributed by atoms with Crippen LogP contribution in [-0.2, 0) is 14.3 Å². The second-order valence-electron chi connectivity index (χ2n) is 4.37. The van der Waals surface area contributed by atoms with Crippen molar-refractivity contribution in [3.8, 4) is 0 Å². The zero-order chi connectivity index (χ0) is 15.1. The van der Waals surface area contributed by atoms with Gasteiger partial charge in [-0.2, -0.15) is 0 Å². The number of ether oxygens (including phenoxy) is 1. The lowest BCUT2D eigenvalue weighted by Crippen LogP contribution is -2.28. The van der Waals surface area contributed by atoms with Gasteiger partial charge in [-0.1, -0.05) is 0 Å². The van der Waals surface area contributed by atoms with Crippen molar-refractivity contribution in [3.63, 3.8) is 0 Å². The van der Waals surface area contributed by atoms with E-state index in [4.69, 9.17) is 4.74 Å². The number of hydrogen-bond donors (Lipinski definition) is 3. The van der Waals surface area contributed by atoms with Crippen molar-refractivity contribution in [2.45, 2.75) is 18.9 Å². The van der Waals surface area contributed by atoms with Crippen LogP contribution in [0.3, 0.4) is 0 Å². The minimum absolute atomic E-state index is 0.0865. The molecule has 9 nitrogen and oxygen atoms in total. The van der Waals surface area contributed by atoms with Crippen molar-refractivity contribution in [3.05, 3.63) is 18.5 Å². The number of carbonyl (C=O) groups excluding carboxylic acids is 3. The summed E-state index contributed by atoms with van der Waals surface area (Å²) in [5.74, 6) is -0.857. The Hall–Kier alpha value is -2.71. The van der Waals surface area contributed by atoms with E-state index in [1.54, 1.807) is 6.07 Å². The van der Waals surface area contributed by atoms with E-state index in [0.717, 1.165) is 0 Å². The van der Waals surface area contributed by atoms with E-state index in [-0.39, 0.29) is 24.4 Å². The molecule has 1 aliphatic heterocycles. The largest absolute Gasteiger partial charge is 0.456 e. The summed E-state index contributed by atoms with van der Waals surface area (Å²) in [5.41, 5.74) is 0. The molecular formula is C12H15N5O4. The normalized spacial score (nSPS) is 16.8. The molecule has 1 saturated heterocycles. The van der Waals surface area contributed by atoms with Gasteiger partial charge in [-0.25, -0.2) is 14.8 Å². The number of carbonyl (C=O) groups is 3. The second-order valence-corrected chi connectivity index (χ2v) is 4.37. The molecule has 3 amide bonds. The first-order valence-electron chi connectivity index (χ1n) is 6.40. The van der Waals surface area contributed by atoms with Crippen molar-refractivity contribution in [1.29, 1.82) is 0 Å². The lowest BCUT2D eigenvalue weighted by Gasteiger charge is -2.08. The summed E-state index contributed by atoms with van der Waals surface area (Å²) in [6.45, 7) is 0.0876. The van der Waals surface area contributed by atoms with Gasteiger partial charge in [0.1, 0.15) is 0 Å². The van der Waals surface area contributed by atoms with Gasteiger partial charge in [0.25, 0.3) is 5.91 Å². The van der Waals surface area contributed by atoms with E-state index in [2.05, 4.69) is 25.9 Å². The molecule has 21 heavy (non-hydrogen) atoms. The van der Waals surface area contributed by atoms with Crippen LogP contribution in [0.5, 0.6) is 0 Å². The van der Waals surface area contributed by atoms with Crippen molar-refractivity contribution >= 4 is 23.9 Å². The van der Waals surface area contributed by atoms with E-state index in [9.17, 15) is 14.4 Å². The zero-order valence-corrected chi connectivity index (χ0v) is 11.2. The summed E-state index contributed by atoms with van der Waals surface area (Å²) in [6.07, 6.45) is 3.56. The van der Waals surface area contributed by atoms with Crippen LogP contribution >= 0.6 is 0 Å². The summed E-state index contributed by atoms with van der Waals surface area (Å²) >= 11 is 0. The first-order valence-corrected chi connectivity index (χ1v) is 6.40. The fourth-order valence-corrected chi connectivity index (χ4v) is 1.71. The van der Waals surface area contributed by atoms with Crippen LogP contribution in [0.4, 0.5) is 10.7 Å². The number of hydrogen-bond acceptors (Lipinski definition) is 6. The lowest BCUT2D eigenvalue weighted by atomic mass is 10.2. The summed E-state index contributed by atoms with van der Waals surface area (Å²) < 4.78 is 4.82. The quantitative estimate of drug-likeness (QED) is 0.603. The zero-order valence-electron chi connectivity index (χ0n) is 11.2. The predicted octanol–water partition coefficient (Wildman–Crippen LogP) is -0.580. The average molecular weight is 293 g/mol. The summed E-state index contributed by atoms with van der Waals surface area (Å²) in [6, 6.07) is 1.29. The monoisotopic (exact) mass is 293 g/mol. The van der Waals surface area contributed by atoms with E-state index in [1.807, 2.05) is 0 Å². The number of esters is 1. The van der Waals surface area contributed by atoms with Gasteiger partial charge >= 0.3 is 12.0 Å². The van der Waals surface area contributed by atoms with Crippen LogP contribution in [-0.4, -0.2) is 47.1 Å². The van der Waals surface area contributed by atoms with Crippen LogP contribution in [0, 0.1) is 0 Å². The molecule has 0 saturated carbocycles. The van der Waals surface area contributed by atoms with E-state index in [0.29, 0.717) is 13.0 Å². The van der Waals surface area contributed by atoms with Gasteiger partial charge in [0.05, 0.1) is 0 Å². The third-order valence-corrected chi connectivity index (χ3v) is 2.72. The number of aromatic nitrogens is 2. The van der Waals surface area contributed by atoms with Crippen molar-refractivity contribution in [2.75, 3.05) is 18.5 Å². The number of urea groups is 1. The highest BCUT2D eigenvalue weighted by atomic mass is 16.5. The maximum atomic E-state index is 11.5. The lowest BCUT2D eigenvalue weighted by molar-refractivity contribution is -0.147. The molecule has 1 fully saturated rings. The summed E-state index contributed by atoms with van der Waals surface area (Å²) in [4.78, 5) is 41.5. The standard InChI is InChI=1S/C12H15N5O4/c18-9(17-11-13-4-1-5-14-11)7-21-10(19)3-2-8-6-15-12(20)16-8/h1,4-5,8H,2-3,6-7H2,(H2,15,16,20)(H,13,14,17,18). The Balaban J connectivity index is 1.62. The molecule has 3 N–H and O–H groups in total. The van der Waals surface area contributed by atoms with Crippen LogP contribution in [0.1, 0.15) is 12.8 Å². The Labute approximate surface area is 120 Å². The minimum Gasteiger partial charge on any atom is -0.456 e. The fraction of sp³-hybridized carbons (Fsp3) is 0.417. The van der Waals surface area contributed by atoms with Gasteiger partial charge in [0.2, 0.25) is 5.95 Å². The summed E-state index contributed by atoms with van der Waals surface area (Å²) in [7, 11) is 0. The smallest absolute Gasteiger partial charge is 0.315 e. The predicted molar refractivity (Wildman–Crippen MR) is 71.2 cm³/mol. The molecule has 1 atom stereocenters. The van der Waals surface area contributed by atoms with E-state index < -0.39 is 18.5 Å². The molecule has 112 valence electrons. The molecule has 1 aliphatic rings. The van der Waals surface area contributed by atoms with E-state index >= 15 is 0 Å². The van der Waals surface area contributed by atoms with Gasteiger partial charge in [-0.05, 0) is 12.5 Å². The van der Waals surface area contributed by atoms with Gasteiger partial charge in [0.15, 0.2) is 6.61 Å². The third-order valence-electron chi connectivity index (χ3n) is 2.72. The number of nitrogens with one attached hydrogen (secondary N) is 3. The van der Waals surface area contributed by atoms with Gasteiger partial charge < -0.3 is 15.4 Å². The van der Waals surface area contributed by atoms with Crippen molar-refractivity contribution in [1.82, 2.24) is 20.6 Å². The molecule has 1 aromatic heterocycles. The Bertz CT molecular complexity index is 522. The molecule has 0 aromatic carbocycles. The van der Waals surface area contributed by atoms with Crippen LogP contribution < -0.4 is 16.0 Å². The van der Waals surface area contributed by atoms with Gasteiger partial charge in [0, 0.05) is 31.4 Å². The maximum absolute atomic E-state index is 11.5. The number of rotatable bonds is 6. The number of amides is 3. The minimum atomic E-state index is -0.509. The average Bonchev–Trinajstić information content (AvgIpc) is 2.90. The van der Waals surface area contributed by atoms with Crippen molar-refractivity contribution in [2.24, 2.45) is 0 Å². The Kier molecular flexibility index (Phi) is 5.02. The highest BCUT2D eigenvalue weighted by Crippen LogP contribution is 2.02. The first kappa shape index (κ1) is 14.7. The number of anilines is 1. The molecule has 0 radical (unpaired) electrons. The topological polar surface area (TPSA) is 122 Å². The highest BCUT2D eigenvalue weighted by Gasteiger charge is 2.20. The van der Waals surface area contributed by atoms with Crippen LogP contribution in [0.25, 0.3) is 0 Å². The molecule has 9 heteroatoms. The Morgan fingerprint density at radius 2 is 2.14 bits per heavy atom. The highest BCUT2D eigenvalue weighted by molar-refractivity contribution is 5.91. The molecule has 0 bridgehead atoms. The Morgan fingerprint density at radius 3 is 2.81 bits per heavy atom. The van der Waals surface area contributed by atoms with Gasteiger partial charge in [-0.15, -0.1) is 0 Å². The first-order chi connectivity index (χ1) is 10.1. The second kappa shape index (κ2) is 7.17. The molecule has 1 unspecified atom stereocenters. The number of nitrogens with zero attached hydrogens (tertiary/aromatic N) is 2. The van der Waals surface area contributed by atoms with E-state index in [1.165, 1.54) is 12.4 Å². The molecule has 1 aromatic rings. The van der Waals surface area contributed by atoms with Crippen LogP contribution in [0.15, 0.2) is 18.5 Å². The SMILES string of the molecule is O=C(COC(=O)CCC1CNC(=O)N1)Nc1ncccn1. The maximum Gasteiger partial charge on any atom is 0.315 e. The van der Waals surface area contributed by atoms with Gasteiger partial charge in [-0.3, -0.25) is 14.9 Å². The molecular weight excluding hydrogens is 278 g/mol. The molecule has 2 rings (SSSR count). The third kappa shape index (κ3) is 5.05. The molecule has 0 spiro atoms. The molecule has 2 heterocycles. The molecule has 0 aliphatic carbocycles. The van der Waals surface area contributed by atoms with Crippen molar-refractivity contribution < 1.29 is 19.1 Å².